The molecule has 4 rings (SSSR count). The van der Waals surface area contributed by atoms with Gasteiger partial charge in [-0.3, -0.25) is 4.79 Å². The van der Waals surface area contributed by atoms with Crippen molar-refractivity contribution in [3.05, 3.63) is 52.3 Å². The summed E-state index contributed by atoms with van der Waals surface area (Å²) in [6, 6.07) is 6.66. The lowest BCUT2D eigenvalue weighted by Gasteiger charge is -2.39. The summed E-state index contributed by atoms with van der Waals surface area (Å²) in [4.78, 5) is 19.5. The lowest BCUT2D eigenvalue weighted by atomic mass is 9.78. The summed E-state index contributed by atoms with van der Waals surface area (Å²) in [5.74, 6) is -0.132. The van der Waals surface area contributed by atoms with E-state index in [4.69, 9.17) is 11.5 Å². The van der Waals surface area contributed by atoms with E-state index in [1.807, 2.05) is 0 Å². The zero-order chi connectivity index (χ0) is 21.8. The van der Waals surface area contributed by atoms with E-state index in [0.29, 0.717) is 28.9 Å². The van der Waals surface area contributed by atoms with Crippen molar-refractivity contribution in [2.24, 2.45) is 5.41 Å². The van der Waals surface area contributed by atoms with Crippen LogP contribution in [0.2, 0.25) is 0 Å². The second kappa shape index (κ2) is 7.01. The highest BCUT2D eigenvalue weighted by atomic mass is 32.2. The smallest absolute Gasteiger partial charge is 0.260 e. The summed E-state index contributed by atoms with van der Waals surface area (Å²) in [6.07, 6.45) is 2.44. The fraction of sp³-hybridized carbons (Fsp3) is 0.391. The first-order valence-corrected chi connectivity index (χ1v) is 10.8. The normalized spacial score (nSPS) is 21.5. The number of nitrogens with two attached hydrogens (primary N) is 2. The molecule has 0 fully saturated rings. The van der Waals surface area contributed by atoms with Crippen LogP contribution >= 0.6 is 11.8 Å². The van der Waals surface area contributed by atoms with Crippen LogP contribution in [-0.2, 0) is 11.3 Å². The number of pyridine rings is 1. The second-order valence-electron chi connectivity index (χ2n) is 9.32. The average molecular weight is 427 g/mol. The highest BCUT2D eigenvalue weighted by molar-refractivity contribution is 8.05. The first kappa shape index (κ1) is 20.7. The SMILES string of the molecule is CC(C)(C)C1(C)CC2=C(S1)C(=O)N(Cc1ccc(-c3ccnc(N)c3N)cc1F)C2. The van der Waals surface area contributed by atoms with Gasteiger partial charge in [0.25, 0.3) is 5.91 Å². The molecule has 0 saturated heterocycles. The van der Waals surface area contributed by atoms with Crippen molar-refractivity contribution in [1.29, 1.82) is 0 Å². The first-order chi connectivity index (χ1) is 14.0. The number of carbonyl (C=O) groups is 1. The number of hydrogen-bond donors (Lipinski definition) is 2. The maximum absolute atomic E-state index is 14.9. The molecule has 30 heavy (non-hydrogen) atoms. The molecule has 158 valence electrons. The van der Waals surface area contributed by atoms with Crippen molar-refractivity contribution >= 4 is 29.2 Å². The van der Waals surface area contributed by atoms with E-state index in [9.17, 15) is 9.18 Å². The summed E-state index contributed by atoms with van der Waals surface area (Å²) in [5, 5.41) is 0. The third-order valence-corrected chi connectivity index (χ3v) is 8.27. The van der Waals surface area contributed by atoms with Crippen molar-refractivity contribution in [1.82, 2.24) is 9.88 Å². The van der Waals surface area contributed by atoms with E-state index in [1.165, 1.54) is 11.6 Å². The Hall–Kier alpha value is -2.54. The third kappa shape index (κ3) is 3.35. The number of nitrogens with zero attached hydrogens (tertiary/aromatic N) is 2. The highest BCUT2D eigenvalue weighted by Crippen LogP contribution is 2.57. The van der Waals surface area contributed by atoms with E-state index < -0.39 is 0 Å². The monoisotopic (exact) mass is 426 g/mol. The van der Waals surface area contributed by atoms with E-state index in [2.05, 4.69) is 32.7 Å². The molecule has 5 nitrogen and oxygen atoms in total. The molecule has 1 aromatic heterocycles. The minimum atomic E-state index is -0.366. The van der Waals surface area contributed by atoms with Gasteiger partial charge in [0.05, 0.1) is 10.6 Å². The molecule has 2 aromatic rings. The molecule has 0 radical (unpaired) electrons. The summed E-state index contributed by atoms with van der Waals surface area (Å²) in [7, 11) is 0. The fourth-order valence-corrected chi connectivity index (χ4v) is 5.43. The molecule has 0 aliphatic carbocycles. The van der Waals surface area contributed by atoms with Gasteiger partial charge in [-0.15, -0.1) is 11.8 Å². The third-order valence-electron chi connectivity index (χ3n) is 6.40. The van der Waals surface area contributed by atoms with E-state index in [1.54, 1.807) is 41.1 Å². The van der Waals surface area contributed by atoms with Crippen molar-refractivity contribution in [2.75, 3.05) is 18.0 Å². The van der Waals surface area contributed by atoms with Crippen LogP contribution in [0.25, 0.3) is 11.1 Å². The molecule has 7 heteroatoms. The molecular formula is C23H27FN4OS. The number of halogens is 1. The number of amides is 1. The van der Waals surface area contributed by atoms with Gasteiger partial charge in [0, 0.05) is 35.2 Å². The number of carbonyl (C=O) groups excluding carboxylic acids is 1. The molecule has 0 spiro atoms. The zero-order valence-electron chi connectivity index (χ0n) is 17.8. The van der Waals surface area contributed by atoms with Crippen LogP contribution in [0.15, 0.2) is 40.9 Å². The average Bonchev–Trinajstić information content (AvgIpc) is 3.14. The number of rotatable bonds is 3. The number of hydrogen-bond acceptors (Lipinski definition) is 5. The van der Waals surface area contributed by atoms with Crippen molar-refractivity contribution in [2.45, 2.75) is 45.4 Å². The molecule has 2 aliphatic rings. The quantitative estimate of drug-likeness (QED) is 0.750. The van der Waals surface area contributed by atoms with E-state index in [-0.39, 0.29) is 34.2 Å². The lowest BCUT2D eigenvalue weighted by molar-refractivity contribution is -0.125. The standard InChI is InChI=1S/C23H27FN4OS/c1-22(2,3)23(4)10-15-12-28(21(29)19(15)30-23)11-14-6-5-13(9-17(14)24)16-7-8-27-20(26)18(16)25/h5-9H,10-12,25H2,1-4H3,(H2,26,27). The molecular weight excluding hydrogens is 399 g/mol. The molecule has 1 amide bonds. The van der Waals surface area contributed by atoms with Crippen LogP contribution in [0.3, 0.4) is 0 Å². The molecule has 0 saturated carbocycles. The Labute approximate surface area is 180 Å². The van der Waals surface area contributed by atoms with Gasteiger partial charge in [-0.05, 0) is 42.0 Å². The van der Waals surface area contributed by atoms with E-state index >= 15 is 0 Å². The topological polar surface area (TPSA) is 85.2 Å². The minimum absolute atomic E-state index is 0.0117. The molecule has 1 aromatic carbocycles. The van der Waals surface area contributed by atoms with Crippen LogP contribution in [0, 0.1) is 11.2 Å². The fourth-order valence-electron chi connectivity index (χ4n) is 3.93. The van der Waals surface area contributed by atoms with Gasteiger partial charge in [0.2, 0.25) is 0 Å². The van der Waals surface area contributed by atoms with Crippen molar-refractivity contribution < 1.29 is 9.18 Å². The molecule has 1 unspecified atom stereocenters. The van der Waals surface area contributed by atoms with Crippen LogP contribution in [-0.4, -0.2) is 27.1 Å². The Kier molecular flexibility index (Phi) is 4.84. The maximum Gasteiger partial charge on any atom is 0.260 e. The minimum Gasteiger partial charge on any atom is -0.395 e. The molecule has 1 atom stereocenters. The summed E-state index contributed by atoms with van der Waals surface area (Å²) in [6.45, 7) is 9.68. The maximum atomic E-state index is 14.9. The van der Waals surface area contributed by atoms with Gasteiger partial charge in [-0.25, -0.2) is 9.37 Å². The molecule has 2 aliphatic heterocycles. The van der Waals surface area contributed by atoms with Gasteiger partial charge in [-0.2, -0.15) is 0 Å². The zero-order valence-corrected chi connectivity index (χ0v) is 18.6. The molecule has 3 heterocycles. The van der Waals surface area contributed by atoms with Crippen molar-refractivity contribution in [3.63, 3.8) is 0 Å². The highest BCUT2D eigenvalue weighted by Gasteiger charge is 2.49. The number of aromatic nitrogens is 1. The van der Waals surface area contributed by atoms with Crippen LogP contribution in [0.4, 0.5) is 15.9 Å². The Balaban J connectivity index is 1.50. The van der Waals surface area contributed by atoms with Crippen LogP contribution in [0.1, 0.15) is 39.7 Å². The predicted molar refractivity (Wildman–Crippen MR) is 121 cm³/mol. The van der Waals surface area contributed by atoms with E-state index in [0.717, 1.165) is 11.3 Å². The second-order valence-corrected chi connectivity index (χ2v) is 10.8. The van der Waals surface area contributed by atoms with Gasteiger partial charge in [-0.1, -0.05) is 32.9 Å². The first-order valence-electron chi connectivity index (χ1n) is 9.99. The predicted octanol–water partition coefficient (Wildman–Crippen LogP) is 4.59. The number of nitrogen functional groups attached to an aromatic ring is 2. The number of anilines is 2. The molecule has 4 N–H and O–H groups in total. The lowest BCUT2D eigenvalue weighted by Crippen LogP contribution is -2.37. The molecule has 0 bridgehead atoms. The van der Waals surface area contributed by atoms with Gasteiger partial charge < -0.3 is 16.4 Å². The number of benzene rings is 1. The Morgan fingerprint density at radius 1 is 1.27 bits per heavy atom. The Bertz CT molecular complexity index is 1080. The number of thioether (sulfide) groups is 1. The van der Waals surface area contributed by atoms with Gasteiger partial charge in [0.15, 0.2) is 0 Å². The summed E-state index contributed by atoms with van der Waals surface area (Å²) in [5.41, 5.74) is 15.1. The Morgan fingerprint density at radius 3 is 2.63 bits per heavy atom. The summed E-state index contributed by atoms with van der Waals surface area (Å²) >= 11 is 1.68. The van der Waals surface area contributed by atoms with Gasteiger partial charge in [0.1, 0.15) is 11.6 Å². The van der Waals surface area contributed by atoms with Crippen LogP contribution in [0.5, 0.6) is 0 Å². The van der Waals surface area contributed by atoms with Crippen LogP contribution < -0.4 is 11.5 Å². The Morgan fingerprint density at radius 2 is 2.00 bits per heavy atom. The van der Waals surface area contributed by atoms with Crippen molar-refractivity contribution in [3.8, 4) is 11.1 Å². The largest absolute Gasteiger partial charge is 0.395 e. The summed E-state index contributed by atoms with van der Waals surface area (Å²) < 4.78 is 14.9. The van der Waals surface area contributed by atoms with Gasteiger partial charge >= 0.3 is 0 Å².